The van der Waals surface area contributed by atoms with E-state index in [0.717, 1.165) is 71.2 Å². The normalized spacial score (nSPS) is 21.1. The molecule has 8 nitrogen and oxygen atoms in total. The number of carbonyl (C=O) groups is 1. The van der Waals surface area contributed by atoms with E-state index in [4.69, 9.17) is 4.74 Å². The van der Waals surface area contributed by atoms with Crippen molar-refractivity contribution >= 4 is 12.1 Å². The molecule has 0 radical (unpaired) electrons. The van der Waals surface area contributed by atoms with E-state index in [9.17, 15) is 4.79 Å². The molecule has 31 heavy (non-hydrogen) atoms. The minimum atomic E-state index is -0.451. The zero-order valence-electron chi connectivity index (χ0n) is 21.0. The number of likely N-dealkylation sites (tertiary alicyclic amines) is 1. The largest absolute Gasteiger partial charge is 0.444 e. The van der Waals surface area contributed by atoms with E-state index in [2.05, 4.69) is 39.0 Å². The van der Waals surface area contributed by atoms with Gasteiger partial charge in [0.15, 0.2) is 5.96 Å². The monoisotopic (exact) mass is 438 g/mol. The molecule has 0 saturated carbocycles. The van der Waals surface area contributed by atoms with Crippen LogP contribution in [0.4, 0.5) is 4.79 Å². The van der Waals surface area contributed by atoms with Crippen molar-refractivity contribution in [3.8, 4) is 0 Å². The van der Waals surface area contributed by atoms with E-state index in [-0.39, 0.29) is 6.09 Å². The number of guanidine groups is 1. The number of piperidine rings is 1. The number of rotatable bonds is 6. The summed E-state index contributed by atoms with van der Waals surface area (Å²) in [6, 6.07) is 0.495. The Hall–Kier alpha value is -1.54. The summed E-state index contributed by atoms with van der Waals surface area (Å²) < 4.78 is 5.56. The van der Waals surface area contributed by atoms with Crippen LogP contribution in [0.5, 0.6) is 0 Å². The van der Waals surface area contributed by atoms with Gasteiger partial charge in [0.05, 0.1) is 0 Å². The maximum atomic E-state index is 12.4. The number of hydrogen-bond donors (Lipinski definition) is 1. The molecule has 0 aromatic rings. The van der Waals surface area contributed by atoms with Crippen LogP contribution in [0, 0.1) is 5.92 Å². The summed E-state index contributed by atoms with van der Waals surface area (Å²) in [6.45, 7) is 18.9. The fourth-order valence-corrected chi connectivity index (χ4v) is 4.26. The zero-order chi connectivity index (χ0) is 23.0. The molecule has 2 heterocycles. The van der Waals surface area contributed by atoms with Gasteiger partial charge < -0.3 is 24.8 Å². The molecule has 0 spiro atoms. The van der Waals surface area contributed by atoms with Gasteiger partial charge in [0.2, 0.25) is 0 Å². The number of amides is 1. The smallest absolute Gasteiger partial charge is 0.410 e. The topological polar surface area (TPSA) is 63.7 Å². The van der Waals surface area contributed by atoms with Crippen molar-refractivity contribution in [2.75, 3.05) is 73.0 Å². The van der Waals surface area contributed by atoms with E-state index >= 15 is 0 Å². The predicted molar refractivity (Wildman–Crippen MR) is 128 cm³/mol. The quantitative estimate of drug-likeness (QED) is 0.507. The molecule has 0 aliphatic carbocycles. The van der Waals surface area contributed by atoms with Gasteiger partial charge in [-0.2, -0.15) is 0 Å². The van der Waals surface area contributed by atoms with Crippen LogP contribution < -0.4 is 5.32 Å². The molecule has 1 unspecified atom stereocenters. The number of hydrogen-bond acceptors (Lipinski definition) is 5. The summed E-state index contributed by atoms with van der Waals surface area (Å²) in [5.41, 5.74) is -0.451. The minimum Gasteiger partial charge on any atom is -0.444 e. The first-order chi connectivity index (χ1) is 14.6. The Balaban J connectivity index is 1.76. The van der Waals surface area contributed by atoms with Crippen LogP contribution in [0.3, 0.4) is 0 Å². The van der Waals surface area contributed by atoms with Gasteiger partial charge in [-0.25, -0.2) is 4.79 Å². The second-order valence-electron chi connectivity index (χ2n) is 10.1. The fourth-order valence-electron chi connectivity index (χ4n) is 4.26. The summed E-state index contributed by atoms with van der Waals surface area (Å²) in [5.74, 6) is 1.50. The molecule has 1 amide bonds. The Bertz CT molecular complexity index is 575. The summed E-state index contributed by atoms with van der Waals surface area (Å²) >= 11 is 0. The number of carbonyl (C=O) groups excluding carboxylic acids is 1. The molecule has 2 fully saturated rings. The fraction of sp³-hybridized carbons (Fsp3) is 0.913. The molecule has 2 rings (SSSR count). The average molecular weight is 439 g/mol. The van der Waals surface area contributed by atoms with Gasteiger partial charge in [-0.05, 0) is 60.4 Å². The van der Waals surface area contributed by atoms with Crippen molar-refractivity contribution in [1.82, 2.24) is 24.9 Å². The zero-order valence-corrected chi connectivity index (χ0v) is 21.0. The molecule has 2 aliphatic rings. The molecule has 2 aliphatic heterocycles. The van der Waals surface area contributed by atoms with Gasteiger partial charge in [0.25, 0.3) is 0 Å². The molecule has 0 aromatic carbocycles. The maximum absolute atomic E-state index is 12.4. The van der Waals surface area contributed by atoms with Crippen molar-refractivity contribution < 1.29 is 9.53 Å². The summed E-state index contributed by atoms with van der Waals surface area (Å²) in [7, 11) is 4.06. The summed E-state index contributed by atoms with van der Waals surface area (Å²) in [5, 5.41) is 3.59. The van der Waals surface area contributed by atoms with E-state index in [1.165, 1.54) is 0 Å². The Morgan fingerprint density at radius 2 is 1.77 bits per heavy atom. The maximum Gasteiger partial charge on any atom is 0.410 e. The molecule has 1 atom stereocenters. The molecule has 8 heteroatoms. The third-order valence-corrected chi connectivity index (χ3v) is 6.35. The summed E-state index contributed by atoms with van der Waals surface area (Å²) in [4.78, 5) is 26.1. The lowest BCUT2D eigenvalue weighted by molar-refractivity contribution is 0.0214. The number of ether oxygens (including phenoxy) is 1. The van der Waals surface area contributed by atoms with Crippen molar-refractivity contribution in [1.29, 1.82) is 0 Å². The van der Waals surface area contributed by atoms with Crippen LogP contribution in [0.2, 0.25) is 0 Å². The van der Waals surface area contributed by atoms with Gasteiger partial charge in [-0.15, -0.1) is 0 Å². The predicted octanol–water partition coefficient (Wildman–Crippen LogP) is 2.17. The molecule has 1 N–H and O–H groups in total. The van der Waals surface area contributed by atoms with Crippen LogP contribution >= 0.6 is 0 Å². The highest BCUT2D eigenvalue weighted by Crippen LogP contribution is 2.20. The van der Waals surface area contributed by atoms with Crippen LogP contribution in [0.1, 0.15) is 47.5 Å². The highest BCUT2D eigenvalue weighted by atomic mass is 16.6. The average Bonchev–Trinajstić information content (AvgIpc) is 2.72. The minimum absolute atomic E-state index is 0.201. The third-order valence-electron chi connectivity index (χ3n) is 6.35. The SMILES string of the molecule is CCN(CC1CCN(C(=NC)NCC(C)N2CCN(C)CC2)CC1)C(=O)OC(C)(C)C. The van der Waals surface area contributed by atoms with E-state index < -0.39 is 5.60 Å². The van der Waals surface area contributed by atoms with Gasteiger partial charge in [0, 0.05) is 72.0 Å². The van der Waals surface area contributed by atoms with Crippen LogP contribution in [0.15, 0.2) is 4.99 Å². The van der Waals surface area contributed by atoms with Crippen molar-refractivity contribution in [3.63, 3.8) is 0 Å². The number of aliphatic imine (C=N–C) groups is 1. The molecule has 0 bridgehead atoms. The first-order valence-corrected chi connectivity index (χ1v) is 12.0. The second kappa shape index (κ2) is 11.9. The molecule has 180 valence electrons. The second-order valence-corrected chi connectivity index (χ2v) is 10.1. The van der Waals surface area contributed by atoms with E-state index in [0.29, 0.717) is 18.5 Å². The van der Waals surface area contributed by atoms with Gasteiger partial charge in [0.1, 0.15) is 5.60 Å². The van der Waals surface area contributed by atoms with Crippen molar-refractivity contribution in [2.45, 2.75) is 59.1 Å². The molecular weight excluding hydrogens is 392 g/mol. The lowest BCUT2D eigenvalue weighted by Gasteiger charge is -2.38. The van der Waals surface area contributed by atoms with Crippen LogP contribution in [-0.4, -0.2) is 116 Å². The van der Waals surface area contributed by atoms with Crippen molar-refractivity contribution in [3.05, 3.63) is 0 Å². The van der Waals surface area contributed by atoms with Gasteiger partial charge in [-0.3, -0.25) is 9.89 Å². The third kappa shape index (κ3) is 8.48. The molecule has 2 saturated heterocycles. The Labute approximate surface area is 190 Å². The highest BCUT2D eigenvalue weighted by molar-refractivity contribution is 5.80. The lowest BCUT2D eigenvalue weighted by Crippen LogP contribution is -2.53. The first-order valence-electron chi connectivity index (χ1n) is 12.0. The standard InChI is InChI=1S/C23H46N6O2/c1-8-27(22(30)31-23(3,4)5)18-20-9-11-29(12-10-20)21(24-6)25-17-19(2)28-15-13-26(7)14-16-28/h19-20H,8-18H2,1-7H3,(H,24,25). The van der Waals surface area contributed by atoms with E-state index in [1.54, 1.807) is 0 Å². The highest BCUT2D eigenvalue weighted by Gasteiger charge is 2.27. The van der Waals surface area contributed by atoms with Crippen LogP contribution in [0.25, 0.3) is 0 Å². The molecular formula is C23H46N6O2. The van der Waals surface area contributed by atoms with E-state index in [1.807, 2.05) is 39.6 Å². The number of nitrogens with one attached hydrogen (secondary N) is 1. The number of piperazine rings is 1. The lowest BCUT2D eigenvalue weighted by atomic mass is 9.96. The van der Waals surface area contributed by atoms with Gasteiger partial charge in [-0.1, -0.05) is 0 Å². The Morgan fingerprint density at radius 1 is 1.16 bits per heavy atom. The summed E-state index contributed by atoms with van der Waals surface area (Å²) in [6.07, 6.45) is 1.93. The first kappa shape index (κ1) is 25.7. The van der Waals surface area contributed by atoms with Crippen LogP contribution in [-0.2, 0) is 4.74 Å². The van der Waals surface area contributed by atoms with Gasteiger partial charge >= 0.3 is 6.09 Å². The Morgan fingerprint density at radius 3 is 2.29 bits per heavy atom. The number of likely N-dealkylation sites (N-methyl/N-ethyl adjacent to an activating group) is 1. The Kier molecular flexibility index (Phi) is 9.88. The molecule has 0 aromatic heterocycles. The number of nitrogens with zero attached hydrogens (tertiary/aromatic N) is 5. The van der Waals surface area contributed by atoms with Crippen molar-refractivity contribution in [2.24, 2.45) is 10.9 Å².